The van der Waals surface area contributed by atoms with E-state index in [2.05, 4.69) is 25.2 Å². The zero-order chi connectivity index (χ0) is 35.7. The maximum absolute atomic E-state index is 13.6. The number of likely N-dealkylation sites (tertiary alicyclic amines) is 1. The van der Waals surface area contributed by atoms with E-state index >= 15 is 0 Å². The molecule has 1 fully saturated rings. The Labute approximate surface area is 300 Å². The number of halogens is 2. The second-order valence-electron chi connectivity index (χ2n) is 13.1. The Balaban J connectivity index is 1.24. The van der Waals surface area contributed by atoms with Crippen molar-refractivity contribution in [1.29, 1.82) is 0 Å². The van der Waals surface area contributed by atoms with E-state index in [1.807, 2.05) is 45.0 Å². The molecule has 14 heteroatoms. The highest BCUT2D eigenvalue weighted by atomic mass is 35.5. The number of nitrogens with one attached hydrogen (secondary N) is 1. The number of ether oxygens (including phenoxy) is 3. The molecule has 4 aromatic rings. The number of pyridine rings is 1. The molecule has 0 bridgehead atoms. The summed E-state index contributed by atoms with van der Waals surface area (Å²) in [5.41, 5.74) is 4.23. The van der Waals surface area contributed by atoms with Gasteiger partial charge in [0, 0.05) is 54.5 Å². The second kappa shape index (κ2) is 14.4. The van der Waals surface area contributed by atoms with E-state index < -0.39 is 17.6 Å². The fraction of sp³-hybridized carbons (Fsp3) is 0.361. The lowest BCUT2D eigenvalue weighted by atomic mass is 10.0. The molecule has 4 heterocycles. The van der Waals surface area contributed by atoms with Crippen LogP contribution in [0.5, 0.6) is 11.6 Å². The summed E-state index contributed by atoms with van der Waals surface area (Å²) in [7, 11) is 3.07. The summed E-state index contributed by atoms with van der Waals surface area (Å²) in [5, 5.41) is 13.2. The summed E-state index contributed by atoms with van der Waals surface area (Å²) in [6, 6.07) is 12.4. The molecule has 12 nitrogen and oxygen atoms in total. The third kappa shape index (κ3) is 7.48. The van der Waals surface area contributed by atoms with Crippen LogP contribution in [0.1, 0.15) is 48.2 Å². The second-order valence-corrected chi connectivity index (χ2v) is 13.9. The van der Waals surface area contributed by atoms with Crippen LogP contribution in [-0.4, -0.2) is 87.4 Å². The van der Waals surface area contributed by atoms with Crippen molar-refractivity contribution < 1.29 is 28.9 Å². The van der Waals surface area contributed by atoms with Crippen LogP contribution in [0.4, 0.5) is 10.5 Å². The van der Waals surface area contributed by atoms with Gasteiger partial charge in [0.05, 0.1) is 60.2 Å². The van der Waals surface area contributed by atoms with Gasteiger partial charge in [0.15, 0.2) is 0 Å². The highest BCUT2D eigenvalue weighted by molar-refractivity contribution is 6.39. The molecule has 0 unspecified atom stereocenters. The van der Waals surface area contributed by atoms with Crippen LogP contribution >= 0.6 is 23.2 Å². The van der Waals surface area contributed by atoms with Crippen molar-refractivity contribution >= 4 is 40.9 Å². The van der Waals surface area contributed by atoms with Crippen LogP contribution in [0, 0.1) is 0 Å². The normalized spacial score (nSPS) is 14.8. The number of aliphatic hydroxyl groups excluding tert-OH is 1. The highest BCUT2D eigenvalue weighted by Crippen LogP contribution is 2.41. The van der Waals surface area contributed by atoms with Gasteiger partial charge in [-0.2, -0.15) is 0 Å². The largest absolute Gasteiger partial charge is 0.496 e. The molecule has 2 aromatic carbocycles. The van der Waals surface area contributed by atoms with Crippen molar-refractivity contribution in [3.8, 4) is 34.0 Å². The van der Waals surface area contributed by atoms with Crippen molar-refractivity contribution in [2.75, 3.05) is 39.2 Å². The van der Waals surface area contributed by atoms with Gasteiger partial charge < -0.3 is 29.5 Å². The quantitative estimate of drug-likeness (QED) is 0.215. The third-order valence-electron chi connectivity index (χ3n) is 8.37. The number of hydrogen-bond donors (Lipinski definition) is 2. The molecule has 0 spiro atoms. The molecule has 2 aromatic heterocycles. The average Bonchev–Trinajstić information content (AvgIpc) is 3.07. The summed E-state index contributed by atoms with van der Waals surface area (Å²) >= 11 is 13.9. The van der Waals surface area contributed by atoms with E-state index in [4.69, 9.17) is 37.4 Å². The fourth-order valence-corrected chi connectivity index (χ4v) is 6.53. The molecule has 2 aliphatic heterocycles. The summed E-state index contributed by atoms with van der Waals surface area (Å²) in [5.74, 6) is 0.382. The highest BCUT2D eigenvalue weighted by Gasteiger charge is 2.30. The van der Waals surface area contributed by atoms with Crippen LogP contribution in [0.25, 0.3) is 22.4 Å². The van der Waals surface area contributed by atoms with Crippen molar-refractivity contribution in [1.82, 2.24) is 24.8 Å². The van der Waals surface area contributed by atoms with E-state index in [1.54, 1.807) is 29.3 Å². The number of hydrogen-bond acceptors (Lipinski definition) is 10. The molecule has 262 valence electrons. The molecule has 0 radical (unpaired) electrons. The van der Waals surface area contributed by atoms with Crippen molar-refractivity contribution in [3.05, 3.63) is 81.4 Å². The summed E-state index contributed by atoms with van der Waals surface area (Å²) < 4.78 is 16.7. The lowest BCUT2D eigenvalue weighted by molar-refractivity contribution is -0.00403. The molecule has 1 saturated heterocycles. The lowest BCUT2D eigenvalue weighted by Gasteiger charge is -2.35. The molecule has 0 saturated carbocycles. The maximum atomic E-state index is 13.6. The predicted octanol–water partition coefficient (Wildman–Crippen LogP) is 6.25. The topological polar surface area (TPSA) is 139 Å². The number of nitrogens with zero attached hydrogens (tertiary/aromatic N) is 5. The Bertz CT molecular complexity index is 1950. The molecule has 0 aliphatic carbocycles. The summed E-state index contributed by atoms with van der Waals surface area (Å²) in [6.45, 7) is 7.71. The zero-order valence-corrected chi connectivity index (χ0v) is 29.9. The molecule has 2 amide bonds. The number of carbonyl (C=O) groups is 2. The fourth-order valence-electron chi connectivity index (χ4n) is 5.93. The van der Waals surface area contributed by atoms with Gasteiger partial charge >= 0.3 is 6.09 Å². The van der Waals surface area contributed by atoms with E-state index in [0.717, 1.165) is 5.56 Å². The number of β-amino-alcohol motifs (C(OH)–C–C–N with tert-alkyl or cyclic N) is 1. The lowest BCUT2D eigenvalue weighted by Crippen LogP contribution is -2.50. The minimum Gasteiger partial charge on any atom is -0.496 e. The zero-order valence-electron chi connectivity index (χ0n) is 28.4. The molecule has 6 rings (SSSR count). The SMILES string of the molecule is COc1cc(C(=O)Nc2cccc(-c3cccc(-c4cnc(CN5CC(O)C5)c(OC)n4)c3Cl)c2Cl)nc2c1CCN(C(=O)OC(C)(C)C)C2. The number of aromatic nitrogens is 3. The van der Waals surface area contributed by atoms with E-state index in [0.29, 0.717) is 88.7 Å². The first kappa shape index (κ1) is 35.3. The number of benzene rings is 2. The number of rotatable bonds is 8. The molecule has 0 atom stereocenters. The Morgan fingerprint density at radius 1 is 1.00 bits per heavy atom. The van der Waals surface area contributed by atoms with Crippen molar-refractivity contribution in [2.45, 2.75) is 52.0 Å². The van der Waals surface area contributed by atoms with E-state index in [9.17, 15) is 14.7 Å². The maximum Gasteiger partial charge on any atom is 0.410 e. The van der Waals surface area contributed by atoms with Gasteiger partial charge in [-0.15, -0.1) is 0 Å². The van der Waals surface area contributed by atoms with Gasteiger partial charge in [-0.05, 0) is 33.3 Å². The first-order valence-corrected chi connectivity index (χ1v) is 16.8. The van der Waals surface area contributed by atoms with Crippen LogP contribution in [0.3, 0.4) is 0 Å². The monoisotopic (exact) mass is 720 g/mol. The summed E-state index contributed by atoms with van der Waals surface area (Å²) in [4.78, 5) is 43.9. The van der Waals surface area contributed by atoms with E-state index in [1.165, 1.54) is 14.2 Å². The van der Waals surface area contributed by atoms with Crippen molar-refractivity contribution in [3.63, 3.8) is 0 Å². The molecule has 2 aliphatic rings. The van der Waals surface area contributed by atoms with Gasteiger partial charge in [0.2, 0.25) is 5.88 Å². The Morgan fingerprint density at radius 3 is 2.38 bits per heavy atom. The third-order valence-corrected chi connectivity index (χ3v) is 9.19. The first-order valence-electron chi connectivity index (χ1n) is 16.1. The number of carbonyl (C=O) groups excluding carboxylic acids is 2. The summed E-state index contributed by atoms with van der Waals surface area (Å²) in [6.07, 6.45) is 1.38. The van der Waals surface area contributed by atoms with Gasteiger partial charge in [0.1, 0.15) is 22.7 Å². The van der Waals surface area contributed by atoms with Gasteiger partial charge in [-0.1, -0.05) is 53.5 Å². The Kier molecular flexibility index (Phi) is 10.2. The van der Waals surface area contributed by atoms with Crippen LogP contribution in [-0.2, 0) is 24.2 Å². The minimum atomic E-state index is -0.642. The average molecular weight is 722 g/mol. The van der Waals surface area contributed by atoms with Gasteiger partial charge in [-0.25, -0.2) is 14.8 Å². The molecule has 50 heavy (non-hydrogen) atoms. The standard InChI is InChI=1S/C36H38Cl2N6O6/c1-36(2,3)50-35(47)44-13-12-23-28(19-44)40-26(14-30(23)48-4)33(46)41-25-11-7-9-22(32(25)38)21-8-6-10-24(31(21)37)27-15-39-29(34(42-27)49-5)18-43-16-20(45)17-43/h6-11,14-15,20,45H,12-13,16-19H2,1-5H3,(H,41,46). The molecular formula is C36H38Cl2N6O6. The van der Waals surface area contributed by atoms with Crippen LogP contribution in [0.2, 0.25) is 10.0 Å². The number of amides is 2. The Morgan fingerprint density at radius 2 is 1.70 bits per heavy atom. The smallest absolute Gasteiger partial charge is 0.410 e. The number of fused-ring (bicyclic) bond motifs is 1. The Hall–Kier alpha value is -4.49. The van der Waals surface area contributed by atoms with Crippen LogP contribution in [0.15, 0.2) is 48.7 Å². The number of anilines is 1. The first-order chi connectivity index (χ1) is 23.8. The van der Waals surface area contributed by atoms with Crippen molar-refractivity contribution in [2.24, 2.45) is 0 Å². The predicted molar refractivity (Wildman–Crippen MR) is 190 cm³/mol. The van der Waals surface area contributed by atoms with Gasteiger partial charge in [0.25, 0.3) is 5.91 Å². The molecular weight excluding hydrogens is 683 g/mol. The number of aliphatic hydroxyl groups is 1. The van der Waals surface area contributed by atoms with E-state index in [-0.39, 0.29) is 23.4 Å². The minimum absolute atomic E-state index is 0.106. The number of methoxy groups -OCH3 is 2. The van der Waals surface area contributed by atoms with Gasteiger partial charge in [-0.3, -0.25) is 14.7 Å². The molecule has 2 N–H and O–H groups in total. The van der Waals surface area contributed by atoms with Crippen LogP contribution < -0.4 is 14.8 Å².